The average molecular weight is 362 g/mol. The molecule has 7 heteroatoms. The number of nitrogens with zero attached hydrogens (tertiary/aromatic N) is 2. The zero-order valence-electron chi connectivity index (χ0n) is 13.8. The average Bonchev–Trinajstić information content (AvgIpc) is 2.66. The van der Waals surface area contributed by atoms with E-state index >= 15 is 0 Å². The van der Waals surface area contributed by atoms with Gasteiger partial charge in [0, 0.05) is 31.2 Å². The molecule has 1 saturated heterocycles. The number of ether oxygens (including phenoxy) is 2. The lowest BCUT2D eigenvalue weighted by molar-refractivity contribution is 0.0908. The van der Waals surface area contributed by atoms with Gasteiger partial charge in [-0.25, -0.2) is 4.79 Å². The first-order valence-electron chi connectivity index (χ1n) is 8.15. The number of piperazine rings is 1. The van der Waals surface area contributed by atoms with Crippen LogP contribution in [0.2, 0.25) is 5.02 Å². The molecule has 0 unspecified atom stereocenters. The van der Waals surface area contributed by atoms with Gasteiger partial charge in [-0.1, -0.05) is 23.7 Å². The topological polar surface area (TPSA) is 63.7 Å². The van der Waals surface area contributed by atoms with Gasteiger partial charge in [0.2, 0.25) is 0 Å². The Hall–Kier alpha value is -2.31. The SMILES string of the molecule is O=C(OCc1ccc(OCc2cccc(Cl)c2)cn1)N1CCNCC1. The monoisotopic (exact) mass is 361 g/mol. The van der Waals surface area contributed by atoms with E-state index in [1.807, 2.05) is 30.3 Å². The number of halogens is 1. The summed E-state index contributed by atoms with van der Waals surface area (Å²) in [6, 6.07) is 11.1. The molecule has 1 fully saturated rings. The Morgan fingerprint density at radius 1 is 1.20 bits per heavy atom. The maximum atomic E-state index is 11.9. The number of carbonyl (C=O) groups excluding carboxylic acids is 1. The summed E-state index contributed by atoms with van der Waals surface area (Å²) in [5.41, 5.74) is 1.67. The molecule has 0 atom stereocenters. The highest BCUT2D eigenvalue weighted by Gasteiger charge is 2.17. The van der Waals surface area contributed by atoms with Gasteiger partial charge >= 0.3 is 6.09 Å². The molecule has 25 heavy (non-hydrogen) atoms. The number of pyridine rings is 1. The van der Waals surface area contributed by atoms with E-state index in [2.05, 4.69) is 10.3 Å². The molecule has 1 aromatic heterocycles. The molecule has 132 valence electrons. The molecule has 1 aliphatic heterocycles. The molecular weight excluding hydrogens is 342 g/mol. The summed E-state index contributed by atoms with van der Waals surface area (Å²) >= 11 is 5.95. The van der Waals surface area contributed by atoms with E-state index < -0.39 is 0 Å². The normalized spacial score (nSPS) is 14.2. The first-order valence-corrected chi connectivity index (χ1v) is 8.53. The Labute approximate surface area is 151 Å². The lowest BCUT2D eigenvalue weighted by Gasteiger charge is -2.26. The number of benzene rings is 1. The molecule has 2 heterocycles. The van der Waals surface area contributed by atoms with E-state index in [0.29, 0.717) is 36.2 Å². The van der Waals surface area contributed by atoms with E-state index in [4.69, 9.17) is 21.1 Å². The van der Waals surface area contributed by atoms with Gasteiger partial charge in [0.25, 0.3) is 0 Å². The number of aromatic nitrogens is 1. The minimum Gasteiger partial charge on any atom is -0.487 e. The minimum atomic E-state index is -0.301. The predicted octanol–water partition coefficient (Wildman–Crippen LogP) is 2.86. The van der Waals surface area contributed by atoms with Gasteiger partial charge in [-0.15, -0.1) is 0 Å². The van der Waals surface area contributed by atoms with Crippen molar-refractivity contribution in [1.29, 1.82) is 0 Å². The van der Waals surface area contributed by atoms with Crippen LogP contribution in [0.15, 0.2) is 42.6 Å². The second-order valence-electron chi connectivity index (χ2n) is 5.70. The highest BCUT2D eigenvalue weighted by atomic mass is 35.5. The summed E-state index contributed by atoms with van der Waals surface area (Å²) < 4.78 is 11.0. The van der Waals surface area contributed by atoms with Crippen molar-refractivity contribution in [1.82, 2.24) is 15.2 Å². The third-order valence-corrected chi connectivity index (χ3v) is 4.05. The van der Waals surface area contributed by atoms with Crippen LogP contribution in [-0.2, 0) is 18.0 Å². The predicted molar refractivity (Wildman–Crippen MR) is 94.6 cm³/mol. The maximum Gasteiger partial charge on any atom is 0.410 e. The van der Waals surface area contributed by atoms with Crippen molar-refractivity contribution in [3.05, 3.63) is 58.9 Å². The number of hydrogen-bond donors (Lipinski definition) is 1. The van der Waals surface area contributed by atoms with Gasteiger partial charge in [0.15, 0.2) is 0 Å². The Kier molecular flexibility index (Phi) is 6.09. The van der Waals surface area contributed by atoms with Crippen molar-refractivity contribution in [2.45, 2.75) is 13.2 Å². The maximum absolute atomic E-state index is 11.9. The van der Waals surface area contributed by atoms with E-state index in [1.54, 1.807) is 17.2 Å². The van der Waals surface area contributed by atoms with Crippen molar-refractivity contribution in [3.8, 4) is 5.75 Å². The largest absolute Gasteiger partial charge is 0.487 e. The molecule has 0 bridgehead atoms. The van der Waals surface area contributed by atoms with Crippen molar-refractivity contribution < 1.29 is 14.3 Å². The molecule has 1 aromatic carbocycles. The molecule has 6 nitrogen and oxygen atoms in total. The summed E-state index contributed by atoms with van der Waals surface area (Å²) in [7, 11) is 0. The van der Waals surface area contributed by atoms with Crippen LogP contribution in [0.4, 0.5) is 4.79 Å². The molecule has 0 spiro atoms. The summed E-state index contributed by atoms with van der Waals surface area (Å²) in [6.07, 6.45) is 1.32. The molecule has 1 N–H and O–H groups in total. The summed E-state index contributed by atoms with van der Waals surface area (Å²) in [6.45, 7) is 3.50. The first-order chi connectivity index (χ1) is 12.2. The molecule has 1 aliphatic rings. The fraction of sp³-hybridized carbons (Fsp3) is 0.333. The fourth-order valence-corrected chi connectivity index (χ4v) is 2.66. The van der Waals surface area contributed by atoms with Crippen LogP contribution in [0.25, 0.3) is 0 Å². The van der Waals surface area contributed by atoms with Gasteiger partial charge in [-0.05, 0) is 29.8 Å². The molecule has 2 aromatic rings. The minimum absolute atomic E-state index is 0.150. The Balaban J connectivity index is 1.46. The summed E-state index contributed by atoms with van der Waals surface area (Å²) in [5, 5.41) is 3.87. The quantitative estimate of drug-likeness (QED) is 0.887. The van der Waals surface area contributed by atoms with Gasteiger partial charge in [0.05, 0.1) is 11.9 Å². The van der Waals surface area contributed by atoms with Crippen LogP contribution in [-0.4, -0.2) is 42.2 Å². The zero-order chi connectivity index (χ0) is 17.5. The number of amides is 1. The summed E-state index contributed by atoms with van der Waals surface area (Å²) in [5.74, 6) is 0.650. The fourth-order valence-electron chi connectivity index (χ4n) is 2.45. The third-order valence-electron chi connectivity index (χ3n) is 3.81. The molecule has 0 radical (unpaired) electrons. The second-order valence-corrected chi connectivity index (χ2v) is 6.13. The van der Waals surface area contributed by atoms with E-state index in [0.717, 1.165) is 18.7 Å². The number of rotatable bonds is 5. The molecule has 3 rings (SSSR count). The third kappa shape index (κ3) is 5.34. The molecule has 1 amide bonds. The van der Waals surface area contributed by atoms with Crippen LogP contribution in [0.3, 0.4) is 0 Å². The number of nitrogens with one attached hydrogen (secondary N) is 1. The molecule has 0 saturated carbocycles. The van der Waals surface area contributed by atoms with E-state index in [-0.39, 0.29) is 12.7 Å². The number of hydrogen-bond acceptors (Lipinski definition) is 5. The number of carbonyl (C=O) groups is 1. The molecular formula is C18H20ClN3O3. The Bertz CT molecular complexity index is 703. The van der Waals surface area contributed by atoms with Gasteiger partial charge < -0.3 is 19.7 Å². The Morgan fingerprint density at radius 3 is 2.76 bits per heavy atom. The highest BCUT2D eigenvalue weighted by Crippen LogP contribution is 2.15. The molecule has 0 aliphatic carbocycles. The Morgan fingerprint density at radius 2 is 2.04 bits per heavy atom. The smallest absolute Gasteiger partial charge is 0.410 e. The van der Waals surface area contributed by atoms with E-state index in [1.165, 1.54) is 0 Å². The highest BCUT2D eigenvalue weighted by molar-refractivity contribution is 6.30. The van der Waals surface area contributed by atoms with Crippen LogP contribution in [0.1, 0.15) is 11.3 Å². The second kappa shape index (κ2) is 8.69. The van der Waals surface area contributed by atoms with Crippen LogP contribution < -0.4 is 10.1 Å². The van der Waals surface area contributed by atoms with E-state index in [9.17, 15) is 4.79 Å². The lowest BCUT2D eigenvalue weighted by Crippen LogP contribution is -2.46. The summed E-state index contributed by atoms with van der Waals surface area (Å²) in [4.78, 5) is 17.9. The lowest BCUT2D eigenvalue weighted by atomic mass is 10.2. The van der Waals surface area contributed by atoms with Gasteiger partial charge in [-0.3, -0.25) is 4.98 Å². The van der Waals surface area contributed by atoms with Crippen LogP contribution in [0.5, 0.6) is 5.75 Å². The van der Waals surface area contributed by atoms with Crippen LogP contribution in [0, 0.1) is 0 Å². The standard InChI is InChI=1S/C18H20ClN3O3/c19-15-3-1-2-14(10-15)12-24-17-5-4-16(21-11-17)13-25-18(23)22-8-6-20-7-9-22/h1-5,10-11,20H,6-9,12-13H2. The van der Waals surface area contributed by atoms with Crippen molar-refractivity contribution in [3.63, 3.8) is 0 Å². The van der Waals surface area contributed by atoms with Crippen molar-refractivity contribution in [2.75, 3.05) is 26.2 Å². The zero-order valence-corrected chi connectivity index (χ0v) is 14.5. The van der Waals surface area contributed by atoms with Gasteiger partial charge in [0.1, 0.15) is 19.0 Å². The van der Waals surface area contributed by atoms with Crippen molar-refractivity contribution >= 4 is 17.7 Å². The van der Waals surface area contributed by atoms with Gasteiger partial charge in [-0.2, -0.15) is 0 Å². The van der Waals surface area contributed by atoms with Crippen molar-refractivity contribution in [2.24, 2.45) is 0 Å². The first kappa shape index (κ1) is 17.5. The van der Waals surface area contributed by atoms with Crippen LogP contribution >= 0.6 is 11.6 Å².